The summed E-state index contributed by atoms with van der Waals surface area (Å²) in [4.78, 5) is 11.5. The molecule has 0 radical (unpaired) electrons. The van der Waals surface area contributed by atoms with Gasteiger partial charge in [0.05, 0.1) is 0 Å². The summed E-state index contributed by atoms with van der Waals surface area (Å²) in [5, 5.41) is 0. The van der Waals surface area contributed by atoms with Crippen molar-refractivity contribution in [2.24, 2.45) is 0 Å². The van der Waals surface area contributed by atoms with E-state index >= 15 is 0 Å². The summed E-state index contributed by atoms with van der Waals surface area (Å²) < 4.78 is 40.8. The van der Waals surface area contributed by atoms with Crippen molar-refractivity contribution in [2.45, 2.75) is 13.8 Å². The number of aryl methyl sites for hydroxylation is 1. The van der Waals surface area contributed by atoms with Gasteiger partial charge in [-0.3, -0.25) is 4.79 Å². The Labute approximate surface area is 108 Å². The molecule has 0 aliphatic carbocycles. The zero-order valence-electron chi connectivity index (χ0n) is 10.4. The maximum atomic E-state index is 13.9. The van der Waals surface area contributed by atoms with Crippen molar-refractivity contribution in [3.8, 4) is 11.1 Å². The first-order valence-corrected chi connectivity index (χ1v) is 5.67. The minimum Gasteiger partial charge on any atom is -0.294 e. The maximum Gasteiger partial charge on any atom is 0.166 e. The largest absolute Gasteiger partial charge is 0.294 e. The second-order valence-electron chi connectivity index (χ2n) is 4.30. The van der Waals surface area contributed by atoms with Gasteiger partial charge in [0.1, 0.15) is 5.82 Å². The highest BCUT2D eigenvalue weighted by Gasteiger charge is 2.17. The molecule has 0 bridgehead atoms. The SMILES string of the molecule is CC(=O)c1ccc(F)cc1-c1ccc(C)c(F)c1F. The van der Waals surface area contributed by atoms with E-state index in [2.05, 4.69) is 0 Å². The molecule has 2 aromatic carbocycles. The molecule has 0 atom stereocenters. The first kappa shape index (κ1) is 13.3. The molecule has 0 aromatic heterocycles. The third kappa shape index (κ3) is 2.38. The number of carbonyl (C=O) groups excluding carboxylic acids is 1. The van der Waals surface area contributed by atoms with Gasteiger partial charge in [0, 0.05) is 11.1 Å². The zero-order valence-corrected chi connectivity index (χ0v) is 10.4. The van der Waals surface area contributed by atoms with Crippen LogP contribution in [0.4, 0.5) is 13.2 Å². The van der Waals surface area contributed by atoms with E-state index in [1.54, 1.807) is 0 Å². The summed E-state index contributed by atoms with van der Waals surface area (Å²) in [5.41, 5.74) is 0.252. The van der Waals surface area contributed by atoms with Crippen molar-refractivity contribution in [2.75, 3.05) is 0 Å². The average molecular weight is 264 g/mol. The van der Waals surface area contributed by atoms with Gasteiger partial charge in [0.15, 0.2) is 17.4 Å². The van der Waals surface area contributed by atoms with Crippen molar-refractivity contribution in [3.63, 3.8) is 0 Å². The van der Waals surface area contributed by atoms with Crippen molar-refractivity contribution in [1.29, 1.82) is 0 Å². The second kappa shape index (κ2) is 4.88. The van der Waals surface area contributed by atoms with Crippen LogP contribution in [-0.2, 0) is 0 Å². The van der Waals surface area contributed by atoms with E-state index in [-0.39, 0.29) is 28.0 Å². The molecule has 0 amide bonds. The Morgan fingerprint density at radius 3 is 2.26 bits per heavy atom. The quantitative estimate of drug-likeness (QED) is 0.740. The van der Waals surface area contributed by atoms with Crippen molar-refractivity contribution in [1.82, 2.24) is 0 Å². The zero-order chi connectivity index (χ0) is 14.2. The lowest BCUT2D eigenvalue weighted by Gasteiger charge is -2.10. The molecule has 1 nitrogen and oxygen atoms in total. The van der Waals surface area contributed by atoms with E-state index in [9.17, 15) is 18.0 Å². The highest BCUT2D eigenvalue weighted by molar-refractivity contribution is 6.00. The average Bonchev–Trinajstić information content (AvgIpc) is 2.35. The highest BCUT2D eigenvalue weighted by Crippen LogP contribution is 2.30. The monoisotopic (exact) mass is 264 g/mol. The number of Topliss-reactive ketones (excluding diaryl/α,β-unsaturated/α-hetero) is 1. The van der Waals surface area contributed by atoms with Crippen LogP contribution >= 0.6 is 0 Å². The van der Waals surface area contributed by atoms with Crippen LogP contribution in [0.2, 0.25) is 0 Å². The predicted octanol–water partition coefficient (Wildman–Crippen LogP) is 4.28. The Kier molecular flexibility index (Phi) is 3.42. The van der Waals surface area contributed by atoms with Gasteiger partial charge in [-0.15, -0.1) is 0 Å². The summed E-state index contributed by atoms with van der Waals surface area (Å²) in [7, 11) is 0. The second-order valence-corrected chi connectivity index (χ2v) is 4.30. The first-order chi connectivity index (χ1) is 8.91. The molecule has 0 fully saturated rings. The van der Waals surface area contributed by atoms with Crippen LogP contribution in [0.5, 0.6) is 0 Å². The van der Waals surface area contributed by atoms with E-state index in [0.717, 1.165) is 12.1 Å². The van der Waals surface area contributed by atoms with Gasteiger partial charge in [-0.1, -0.05) is 12.1 Å². The fourth-order valence-electron chi connectivity index (χ4n) is 1.90. The summed E-state index contributed by atoms with van der Waals surface area (Å²) in [6, 6.07) is 6.15. The summed E-state index contributed by atoms with van der Waals surface area (Å²) in [6.45, 7) is 2.72. The molecular weight excluding hydrogens is 253 g/mol. The molecule has 0 unspecified atom stereocenters. The van der Waals surface area contributed by atoms with Gasteiger partial charge in [-0.2, -0.15) is 0 Å². The van der Waals surface area contributed by atoms with E-state index in [4.69, 9.17) is 0 Å². The van der Waals surface area contributed by atoms with E-state index in [0.29, 0.717) is 0 Å². The van der Waals surface area contributed by atoms with E-state index in [1.165, 1.54) is 32.0 Å². The van der Waals surface area contributed by atoms with Crippen LogP contribution in [0.25, 0.3) is 11.1 Å². The molecule has 2 rings (SSSR count). The smallest absolute Gasteiger partial charge is 0.166 e. The third-order valence-corrected chi connectivity index (χ3v) is 2.93. The Bertz CT molecular complexity index is 663. The Morgan fingerprint density at radius 1 is 0.947 bits per heavy atom. The van der Waals surface area contributed by atoms with Gasteiger partial charge >= 0.3 is 0 Å². The lowest BCUT2D eigenvalue weighted by Crippen LogP contribution is -2.00. The molecule has 0 saturated heterocycles. The number of hydrogen-bond acceptors (Lipinski definition) is 1. The number of rotatable bonds is 2. The van der Waals surface area contributed by atoms with Gasteiger partial charge in [-0.25, -0.2) is 13.2 Å². The molecule has 0 aliphatic rings. The van der Waals surface area contributed by atoms with Gasteiger partial charge in [-0.05, 0) is 43.2 Å². The predicted molar refractivity (Wildman–Crippen MR) is 66.5 cm³/mol. The molecule has 0 spiro atoms. The molecular formula is C15H11F3O. The number of halogens is 3. The minimum atomic E-state index is -1.08. The molecule has 19 heavy (non-hydrogen) atoms. The van der Waals surface area contributed by atoms with Crippen molar-refractivity contribution in [3.05, 3.63) is 58.9 Å². The van der Waals surface area contributed by atoms with Crippen molar-refractivity contribution < 1.29 is 18.0 Å². The number of benzene rings is 2. The lowest BCUT2D eigenvalue weighted by molar-refractivity contribution is 0.101. The Hall–Kier alpha value is -2.10. The molecule has 98 valence electrons. The molecule has 0 aliphatic heterocycles. The topological polar surface area (TPSA) is 17.1 Å². The number of ketones is 1. The Morgan fingerprint density at radius 2 is 1.63 bits per heavy atom. The number of hydrogen-bond donors (Lipinski definition) is 0. The summed E-state index contributed by atoms with van der Waals surface area (Å²) >= 11 is 0. The van der Waals surface area contributed by atoms with Crippen LogP contribution < -0.4 is 0 Å². The van der Waals surface area contributed by atoms with Gasteiger partial charge in [0.25, 0.3) is 0 Å². The fraction of sp³-hybridized carbons (Fsp3) is 0.133. The van der Waals surface area contributed by atoms with E-state index < -0.39 is 17.5 Å². The van der Waals surface area contributed by atoms with Crippen LogP contribution in [0.1, 0.15) is 22.8 Å². The van der Waals surface area contributed by atoms with Gasteiger partial charge < -0.3 is 0 Å². The molecule has 4 heteroatoms. The Balaban J connectivity index is 2.75. The summed E-state index contributed by atoms with van der Waals surface area (Å²) in [6.07, 6.45) is 0. The van der Waals surface area contributed by atoms with Crippen LogP contribution in [0.3, 0.4) is 0 Å². The van der Waals surface area contributed by atoms with Crippen LogP contribution in [-0.4, -0.2) is 5.78 Å². The fourth-order valence-corrected chi connectivity index (χ4v) is 1.90. The molecule has 2 aromatic rings. The normalized spacial score (nSPS) is 10.6. The van der Waals surface area contributed by atoms with Crippen molar-refractivity contribution >= 4 is 5.78 Å². The third-order valence-electron chi connectivity index (χ3n) is 2.93. The maximum absolute atomic E-state index is 13.9. The minimum absolute atomic E-state index is 0.0592. The van der Waals surface area contributed by atoms with Crippen LogP contribution in [0, 0.1) is 24.4 Å². The molecule has 0 heterocycles. The molecule has 0 saturated carbocycles. The van der Waals surface area contributed by atoms with Gasteiger partial charge in [0.2, 0.25) is 0 Å². The van der Waals surface area contributed by atoms with Crippen LogP contribution in [0.15, 0.2) is 30.3 Å². The molecule has 0 N–H and O–H groups in total. The van der Waals surface area contributed by atoms with E-state index in [1.807, 2.05) is 0 Å². The lowest BCUT2D eigenvalue weighted by atomic mass is 9.96. The first-order valence-electron chi connectivity index (χ1n) is 5.67. The standard InChI is InChI=1S/C15H11F3O/c1-8-3-5-12(15(18)14(8)17)13-7-10(16)4-6-11(13)9(2)19/h3-7H,1-2H3. The number of carbonyl (C=O) groups is 1. The summed E-state index contributed by atoms with van der Waals surface area (Å²) in [5.74, 6) is -3.01. The highest BCUT2D eigenvalue weighted by atomic mass is 19.2.